The zero-order chi connectivity index (χ0) is 40.4. The molecule has 5 unspecified atom stereocenters. The molecule has 2 spiro atoms. The SMILES string of the molecule is COc1ccc(-c2cc3c4c(c5c(c3cc2OC)OC(c2ccc(OC)cc2)(c2ccc(OC)c(N3CCOCC3)c2)C=C5)C2(CC35CC3CCC25)c2ccccc2-4)cc1. The van der Waals surface area contributed by atoms with Crippen LogP contribution in [0.15, 0.2) is 109 Å². The first-order chi connectivity index (χ1) is 29.5. The normalized spacial score (nSPS) is 26.3. The third kappa shape index (κ3) is 4.75. The summed E-state index contributed by atoms with van der Waals surface area (Å²) in [4.78, 5) is 2.36. The van der Waals surface area contributed by atoms with Crippen LogP contribution in [-0.2, 0) is 15.8 Å². The van der Waals surface area contributed by atoms with Crippen LogP contribution in [0.25, 0.3) is 39.1 Å². The zero-order valence-corrected chi connectivity index (χ0v) is 34.7. The summed E-state index contributed by atoms with van der Waals surface area (Å²) in [5.41, 5.74) is 11.5. The Bertz CT molecular complexity index is 2750. The number of hydrogen-bond acceptors (Lipinski definition) is 7. The van der Waals surface area contributed by atoms with E-state index in [0.29, 0.717) is 24.5 Å². The topological polar surface area (TPSA) is 58.6 Å². The molecular formula is C53H49NO6. The number of benzene rings is 6. The maximum Gasteiger partial charge on any atom is 0.178 e. The highest BCUT2D eigenvalue weighted by Crippen LogP contribution is 2.85. The number of hydrogen-bond donors (Lipinski definition) is 0. The van der Waals surface area contributed by atoms with Crippen molar-refractivity contribution in [2.75, 3.05) is 59.6 Å². The van der Waals surface area contributed by atoms with Crippen LogP contribution in [0.5, 0.6) is 28.7 Å². The smallest absolute Gasteiger partial charge is 0.178 e. The lowest BCUT2D eigenvalue weighted by Gasteiger charge is -2.55. The van der Waals surface area contributed by atoms with Crippen molar-refractivity contribution in [2.45, 2.75) is 36.7 Å². The van der Waals surface area contributed by atoms with E-state index in [9.17, 15) is 0 Å². The Morgan fingerprint density at radius 3 is 2.13 bits per heavy atom. The summed E-state index contributed by atoms with van der Waals surface area (Å²) in [7, 11) is 6.94. The second-order valence-corrected chi connectivity index (χ2v) is 17.7. The molecule has 0 aromatic heterocycles. The zero-order valence-electron chi connectivity index (χ0n) is 34.7. The molecule has 12 rings (SSSR count). The average molecular weight is 796 g/mol. The molecule has 6 aromatic carbocycles. The van der Waals surface area contributed by atoms with E-state index < -0.39 is 5.60 Å². The fourth-order valence-corrected chi connectivity index (χ4v) is 12.6. The number of anilines is 1. The largest absolute Gasteiger partial charge is 0.497 e. The molecule has 5 atom stereocenters. The molecule has 2 aliphatic heterocycles. The standard InChI is InChI=1S/C53H49NO6/c1-55-36-15-9-32(10-16-36)40-28-41-42(29-46(40)58-4)50-39(49-48(41)38-7-5-6-8-43(38)52(49)31-51-30-35(51)14-20-47(51)52)21-22-53(60-50,33-11-17-37(56-2)18-12-33)34-13-19-45(57-3)44(27-34)54-23-25-59-26-24-54/h5-13,15-19,21-22,27-29,35,47H,14,20,23-26,30-31H2,1-4H3. The van der Waals surface area contributed by atoms with Crippen molar-refractivity contribution in [3.8, 4) is 51.0 Å². The lowest BCUT2D eigenvalue weighted by molar-refractivity contribution is 0.0538. The number of methoxy groups -OCH3 is 4. The Labute approximate surface area is 351 Å². The highest BCUT2D eigenvalue weighted by Gasteiger charge is 2.78. The lowest BCUT2D eigenvalue weighted by atomic mass is 9.47. The van der Waals surface area contributed by atoms with Gasteiger partial charge in [-0.05, 0) is 131 Å². The number of rotatable bonds is 8. The van der Waals surface area contributed by atoms with Crippen LogP contribution in [0.3, 0.4) is 0 Å². The van der Waals surface area contributed by atoms with Crippen molar-refractivity contribution >= 4 is 22.5 Å². The van der Waals surface area contributed by atoms with Gasteiger partial charge in [-0.2, -0.15) is 0 Å². The summed E-state index contributed by atoms with van der Waals surface area (Å²) in [6.07, 6.45) is 9.92. The Balaban J connectivity index is 1.15. The quantitative estimate of drug-likeness (QED) is 0.152. The Hall–Kier alpha value is -5.92. The summed E-state index contributed by atoms with van der Waals surface area (Å²) < 4.78 is 37.2. The van der Waals surface area contributed by atoms with E-state index in [0.717, 1.165) is 81.1 Å². The van der Waals surface area contributed by atoms with E-state index in [1.54, 1.807) is 28.4 Å². The summed E-state index contributed by atoms with van der Waals surface area (Å²) in [6.45, 7) is 2.92. The van der Waals surface area contributed by atoms with Crippen LogP contribution < -0.4 is 28.6 Å². The van der Waals surface area contributed by atoms with Gasteiger partial charge in [-0.25, -0.2) is 0 Å². The second-order valence-electron chi connectivity index (χ2n) is 17.7. The van der Waals surface area contributed by atoms with Crippen LogP contribution in [0.1, 0.15) is 53.5 Å². The Morgan fingerprint density at radius 2 is 1.42 bits per heavy atom. The minimum Gasteiger partial charge on any atom is -0.497 e. The van der Waals surface area contributed by atoms with Gasteiger partial charge < -0.3 is 33.3 Å². The molecule has 60 heavy (non-hydrogen) atoms. The Kier molecular flexibility index (Phi) is 7.82. The lowest BCUT2D eigenvalue weighted by Crippen LogP contribution is -2.52. The fourth-order valence-electron chi connectivity index (χ4n) is 12.6. The second kappa shape index (κ2) is 13.0. The first-order valence-corrected chi connectivity index (χ1v) is 21.5. The molecule has 0 bridgehead atoms. The third-order valence-corrected chi connectivity index (χ3v) is 15.3. The minimum absolute atomic E-state index is 0.0624. The average Bonchev–Trinajstić information content (AvgIpc) is 3.85. The molecule has 302 valence electrons. The summed E-state index contributed by atoms with van der Waals surface area (Å²) in [5, 5.41) is 2.23. The van der Waals surface area contributed by atoms with Gasteiger partial charge in [0.25, 0.3) is 0 Å². The van der Waals surface area contributed by atoms with Crippen molar-refractivity contribution in [2.24, 2.45) is 17.3 Å². The maximum atomic E-state index is 7.92. The molecule has 0 radical (unpaired) electrons. The highest BCUT2D eigenvalue weighted by molar-refractivity contribution is 6.11. The first-order valence-electron chi connectivity index (χ1n) is 21.5. The van der Waals surface area contributed by atoms with Gasteiger partial charge in [-0.3, -0.25) is 0 Å². The third-order valence-electron chi connectivity index (χ3n) is 15.3. The van der Waals surface area contributed by atoms with Gasteiger partial charge in [0, 0.05) is 46.1 Å². The van der Waals surface area contributed by atoms with Crippen molar-refractivity contribution in [3.63, 3.8) is 0 Å². The summed E-state index contributed by atoms with van der Waals surface area (Å²) in [6, 6.07) is 37.1. The molecule has 7 heteroatoms. The molecule has 3 saturated carbocycles. The number of nitrogens with zero attached hydrogens (tertiary/aromatic N) is 1. The summed E-state index contributed by atoms with van der Waals surface area (Å²) in [5.74, 6) is 5.63. The van der Waals surface area contributed by atoms with Gasteiger partial charge in [0.1, 0.15) is 28.7 Å². The van der Waals surface area contributed by atoms with E-state index in [1.807, 2.05) is 24.3 Å². The van der Waals surface area contributed by atoms with Gasteiger partial charge in [0.2, 0.25) is 0 Å². The van der Waals surface area contributed by atoms with Gasteiger partial charge in [0.15, 0.2) is 5.60 Å². The van der Waals surface area contributed by atoms with Gasteiger partial charge >= 0.3 is 0 Å². The molecule has 2 heterocycles. The first kappa shape index (κ1) is 36.0. The summed E-state index contributed by atoms with van der Waals surface area (Å²) >= 11 is 0. The van der Waals surface area contributed by atoms with Crippen molar-refractivity contribution < 1.29 is 28.4 Å². The van der Waals surface area contributed by atoms with E-state index in [1.165, 1.54) is 58.9 Å². The molecule has 6 aromatic rings. The van der Waals surface area contributed by atoms with Gasteiger partial charge in [-0.1, -0.05) is 60.7 Å². The van der Waals surface area contributed by atoms with E-state index in [2.05, 4.69) is 95.9 Å². The molecule has 4 fully saturated rings. The van der Waals surface area contributed by atoms with Gasteiger partial charge in [0.05, 0.1) is 47.3 Å². The van der Waals surface area contributed by atoms with Crippen LogP contribution in [0.2, 0.25) is 0 Å². The van der Waals surface area contributed by atoms with Crippen molar-refractivity contribution in [1.29, 1.82) is 0 Å². The van der Waals surface area contributed by atoms with Crippen LogP contribution >= 0.6 is 0 Å². The minimum atomic E-state index is -0.982. The molecule has 0 N–H and O–H groups in total. The molecule has 1 saturated heterocycles. The monoisotopic (exact) mass is 795 g/mol. The Morgan fingerprint density at radius 1 is 0.683 bits per heavy atom. The maximum absolute atomic E-state index is 7.92. The van der Waals surface area contributed by atoms with Crippen LogP contribution in [0.4, 0.5) is 5.69 Å². The van der Waals surface area contributed by atoms with Crippen LogP contribution in [0, 0.1) is 17.3 Å². The molecular weight excluding hydrogens is 747 g/mol. The van der Waals surface area contributed by atoms with Gasteiger partial charge in [-0.15, -0.1) is 0 Å². The molecule has 6 aliphatic rings. The molecule has 7 nitrogen and oxygen atoms in total. The van der Waals surface area contributed by atoms with E-state index in [4.69, 9.17) is 28.4 Å². The molecule has 0 amide bonds. The van der Waals surface area contributed by atoms with Crippen molar-refractivity contribution in [3.05, 3.63) is 137 Å². The fraction of sp³-hybridized carbons (Fsp3) is 0.321. The predicted molar refractivity (Wildman–Crippen MR) is 236 cm³/mol. The number of ether oxygens (including phenoxy) is 6. The number of morpholine rings is 1. The number of fused-ring (bicyclic) bond motifs is 11. The van der Waals surface area contributed by atoms with Crippen LogP contribution in [-0.4, -0.2) is 54.7 Å². The van der Waals surface area contributed by atoms with Crippen molar-refractivity contribution in [1.82, 2.24) is 0 Å². The highest BCUT2D eigenvalue weighted by atomic mass is 16.5. The van der Waals surface area contributed by atoms with E-state index >= 15 is 0 Å². The van der Waals surface area contributed by atoms with E-state index in [-0.39, 0.29) is 5.41 Å². The molecule has 4 aliphatic carbocycles. The predicted octanol–water partition coefficient (Wildman–Crippen LogP) is 10.8.